The Labute approximate surface area is 83.3 Å². The zero-order chi connectivity index (χ0) is 10.5. The van der Waals surface area contributed by atoms with Gasteiger partial charge in [-0.15, -0.1) is 0 Å². The third-order valence-electron chi connectivity index (χ3n) is 1.94. The maximum Gasteiger partial charge on any atom is 0.0459 e. The van der Waals surface area contributed by atoms with Crippen LogP contribution in [-0.4, -0.2) is 25.4 Å². The molecule has 0 saturated heterocycles. The summed E-state index contributed by atoms with van der Waals surface area (Å²) in [6, 6.07) is 0. The van der Waals surface area contributed by atoms with Gasteiger partial charge < -0.3 is 9.84 Å². The highest BCUT2D eigenvalue weighted by Gasteiger charge is 2.00. The highest BCUT2D eigenvalue weighted by Crippen LogP contribution is 2.08. The first-order valence-corrected chi connectivity index (χ1v) is 5.36. The van der Waals surface area contributed by atoms with E-state index >= 15 is 0 Å². The van der Waals surface area contributed by atoms with Crippen molar-refractivity contribution in [2.45, 2.75) is 46.5 Å². The van der Waals surface area contributed by atoms with Crippen molar-refractivity contribution in [3.8, 4) is 0 Å². The third kappa shape index (κ3) is 14.7. The van der Waals surface area contributed by atoms with Crippen LogP contribution in [0.4, 0.5) is 0 Å². The highest BCUT2D eigenvalue weighted by molar-refractivity contribution is 4.51. The fourth-order valence-electron chi connectivity index (χ4n) is 1.04. The molecule has 1 atom stereocenters. The van der Waals surface area contributed by atoms with Crippen molar-refractivity contribution < 1.29 is 9.84 Å². The summed E-state index contributed by atoms with van der Waals surface area (Å²) in [6.07, 6.45) is 4.60. The van der Waals surface area contributed by atoms with Gasteiger partial charge in [0.1, 0.15) is 0 Å². The van der Waals surface area contributed by atoms with Crippen LogP contribution in [0.2, 0.25) is 0 Å². The van der Waals surface area contributed by atoms with Gasteiger partial charge in [0, 0.05) is 20.3 Å². The summed E-state index contributed by atoms with van der Waals surface area (Å²) < 4.78 is 4.69. The lowest BCUT2D eigenvalue weighted by Crippen LogP contribution is -2.02. The van der Waals surface area contributed by atoms with Crippen molar-refractivity contribution in [3.63, 3.8) is 0 Å². The van der Waals surface area contributed by atoms with Gasteiger partial charge in [-0.3, -0.25) is 0 Å². The van der Waals surface area contributed by atoms with E-state index in [9.17, 15) is 0 Å². The molecule has 13 heavy (non-hydrogen) atoms. The molecule has 0 aromatic carbocycles. The zero-order valence-corrected chi connectivity index (χ0v) is 9.68. The van der Waals surface area contributed by atoms with Gasteiger partial charge in [0.05, 0.1) is 0 Å². The maximum absolute atomic E-state index is 8.66. The van der Waals surface area contributed by atoms with Crippen molar-refractivity contribution in [2.24, 2.45) is 5.92 Å². The monoisotopic (exact) mass is 190 g/mol. The molecule has 1 N–H and O–H groups in total. The number of ether oxygens (including phenoxy) is 1. The molecule has 0 saturated carbocycles. The second-order valence-corrected chi connectivity index (χ2v) is 3.24. The molecule has 0 aromatic rings. The first-order chi connectivity index (χ1) is 6.26. The summed E-state index contributed by atoms with van der Waals surface area (Å²) >= 11 is 0. The standard InChI is InChI=1S/C7H16O.C4H10O/c1-3-5-7(4-2)6-8;1-3-4-5-2/h7-8H,3-6H2,1-2H3;3-4H2,1-2H3. The van der Waals surface area contributed by atoms with Gasteiger partial charge in [0.15, 0.2) is 0 Å². The van der Waals surface area contributed by atoms with E-state index in [2.05, 4.69) is 20.8 Å². The van der Waals surface area contributed by atoms with Gasteiger partial charge in [0.25, 0.3) is 0 Å². The Kier molecular flexibility index (Phi) is 17.1. The first-order valence-electron chi connectivity index (χ1n) is 5.36. The Balaban J connectivity index is 0. The number of hydrogen-bond donors (Lipinski definition) is 1. The molecule has 0 aliphatic carbocycles. The molecule has 0 heterocycles. The molecule has 0 aromatic heterocycles. The largest absolute Gasteiger partial charge is 0.396 e. The predicted molar refractivity (Wildman–Crippen MR) is 57.9 cm³/mol. The summed E-state index contributed by atoms with van der Waals surface area (Å²) in [5.41, 5.74) is 0. The average Bonchev–Trinajstić information content (AvgIpc) is 2.16. The molecule has 0 aliphatic rings. The van der Waals surface area contributed by atoms with E-state index < -0.39 is 0 Å². The van der Waals surface area contributed by atoms with Crippen LogP contribution >= 0.6 is 0 Å². The fraction of sp³-hybridized carbons (Fsp3) is 1.00. The van der Waals surface area contributed by atoms with Crippen LogP contribution in [0.3, 0.4) is 0 Å². The van der Waals surface area contributed by atoms with Crippen LogP contribution in [0.1, 0.15) is 46.5 Å². The van der Waals surface area contributed by atoms with E-state index in [1.165, 1.54) is 12.8 Å². The highest BCUT2D eigenvalue weighted by atomic mass is 16.5. The summed E-state index contributed by atoms with van der Waals surface area (Å²) in [4.78, 5) is 0. The maximum atomic E-state index is 8.66. The lowest BCUT2D eigenvalue weighted by Gasteiger charge is -2.07. The molecule has 0 radical (unpaired) electrons. The Hall–Kier alpha value is -0.0800. The Morgan fingerprint density at radius 2 is 1.77 bits per heavy atom. The zero-order valence-electron chi connectivity index (χ0n) is 9.68. The van der Waals surface area contributed by atoms with E-state index in [4.69, 9.17) is 9.84 Å². The van der Waals surface area contributed by atoms with Gasteiger partial charge in [-0.25, -0.2) is 0 Å². The van der Waals surface area contributed by atoms with E-state index in [1.54, 1.807) is 7.11 Å². The number of aliphatic hydroxyl groups excluding tert-OH is 1. The molecule has 0 aliphatic heterocycles. The van der Waals surface area contributed by atoms with Crippen LogP contribution < -0.4 is 0 Å². The van der Waals surface area contributed by atoms with Gasteiger partial charge >= 0.3 is 0 Å². The van der Waals surface area contributed by atoms with Crippen molar-refractivity contribution >= 4 is 0 Å². The minimum atomic E-state index is 0.365. The number of aliphatic hydroxyl groups is 1. The van der Waals surface area contributed by atoms with Crippen LogP contribution in [0, 0.1) is 5.92 Å². The van der Waals surface area contributed by atoms with E-state index in [0.29, 0.717) is 12.5 Å². The van der Waals surface area contributed by atoms with Gasteiger partial charge in [-0.05, 0) is 18.8 Å². The molecule has 0 rings (SSSR count). The minimum Gasteiger partial charge on any atom is -0.396 e. The van der Waals surface area contributed by atoms with Crippen LogP contribution in [0.25, 0.3) is 0 Å². The molecule has 82 valence electrons. The number of hydrogen-bond acceptors (Lipinski definition) is 2. The Morgan fingerprint density at radius 1 is 1.15 bits per heavy atom. The Morgan fingerprint density at radius 3 is 1.85 bits per heavy atom. The summed E-state index contributed by atoms with van der Waals surface area (Å²) in [5.74, 6) is 0.556. The van der Waals surface area contributed by atoms with Crippen LogP contribution in [0.15, 0.2) is 0 Å². The van der Waals surface area contributed by atoms with Gasteiger partial charge in [0.2, 0.25) is 0 Å². The predicted octanol–water partition coefficient (Wildman–Crippen LogP) is 2.85. The normalized spacial score (nSPS) is 11.8. The second-order valence-electron chi connectivity index (χ2n) is 3.24. The van der Waals surface area contributed by atoms with E-state index in [1.807, 2.05) is 0 Å². The molecule has 0 fully saturated rings. The fourth-order valence-corrected chi connectivity index (χ4v) is 1.04. The molecule has 0 amide bonds. The van der Waals surface area contributed by atoms with Crippen molar-refractivity contribution in [3.05, 3.63) is 0 Å². The molecule has 1 unspecified atom stereocenters. The molecular formula is C11H26O2. The van der Waals surface area contributed by atoms with E-state index in [-0.39, 0.29) is 0 Å². The summed E-state index contributed by atoms with van der Waals surface area (Å²) in [7, 11) is 1.71. The summed E-state index contributed by atoms with van der Waals surface area (Å²) in [5, 5.41) is 8.66. The Bertz CT molecular complexity index is 68.5. The lowest BCUT2D eigenvalue weighted by atomic mass is 10.0. The van der Waals surface area contributed by atoms with Crippen molar-refractivity contribution in [1.29, 1.82) is 0 Å². The third-order valence-corrected chi connectivity index (χ3v) is 1.94. The number of methoxy groups -OCH3 is 1. The van der Waals surface area contributed by atoms with Crippen LogP contribution in [-0.2, 0) is 4.74 Å². The summed E-state index contributed by atoms with van der Waals surface area (Å²) in [6.45, 7) is 7.61. The quantitative estimate of drug-likeness (QED) is 0.698. The van der Waals surface area contributed by atoms with Gasteiger partial charge in [-0.2, -0.15) is 0 Å². The molecule has 0 bridgehead atoms. The smallest absolute Gasteiger partial charge is 0.0459 e. The lowest BCUT2D eigenvalue weighted by molar-refractivity contribution is 0.199. The average molecular weight is 190 g/mol. The van der Waals surface area contributed by atoms with Gasteiger partial charge in [-0.1, -0.05) is 33.6 Å². The van der Waals surface area contributed by atoms with E-state index in [0.717, 1.165) is 19.4 Å². The molecular weight excluding hydrogens is 164 g/mol. The molecule has 2 nitrogen and oxygen atoms in total. The molecule has 0 spiro atoms. The van der Waals surface area contributed by atoms with Crippen LogP contribution in [0.5, 0.6) is 0 Å². The first kappa shape index (κ1) is 15.4. The topological polar surface area (TPSA) is 29.5 Å². The minimum absolute atomic E-state index is 0.365. The van der Waals surface area contributed by atoms with Crippen molar-refractivity contribution in [2.75, 3.05) is 20.3 Å². The number of rotatable bonds is 6. The second kappa shape index (κ2) is 14.4. The van der Waals surface area contributed by atoms with Crippen molar-refractivity contribution in [1.82, 2.24) is 0 Å². The SMILES string of the molecule is CCCC(CC)CO.CCCOC. The molecule has 2 heteroatoms.